The maximum atomic E-state index is 12.8. The van der Waals surface area contributed by atoms with Crippen molar-refractivity contribution in [3.8, 4) is 0 Å². The van der Waals surface area contributed by atoms with E-state index in [0.29, 0.717) is 6.54 Å². The molecule has 1 heterocycles. The number of hydrogen-bond donors (Lipinski definition) is 1. The summed E-state index contributed by atoms with van der Waals surface area (Å²) >= 11 is 0. The van der Waals surface area contributed by atoms with E-state index in [1.807, 2.05) is 12.1 Å². The van der Waals surface area contributed by atoms with Gasteiger partial charge in [0.25, 0.3) is 0 Å². The fourth-order valence-corrected chi connectivity index (χ4v) is 2.96. The molecule has 1 atom stereocenters. The van der Waals surface area contributed by atoms with Gasteiger partial charge in [0, 0.05) is 31.4 Å². The molecule has 1 saturated carbocycles. The molecule has 22 heavy (non-hydrogen) atoms. The molecule has 1 aromatic heterocycles. The highest BCUT2D eigenvalue weighted by Gasteiger charge is 2.28. The number of carbonyl (C=O) groups excluding carboxylic acids is 1. The first-order valence-electron chi connectivity index (χ1n) is 7.98. The van der Waals surface area contributed by atoms with Gasteiger partial charge in [-0.25, -0.2) is 0 Å². The number of carboxylic acid groups (broad SMARTS) is 1. The highest BCUT2D eigenvalue weighted by Crippen LogP contribution is 2.26. The summed E-state index contributed by atoms with van der Waals surface area (Å²) in [5.41, 5.74) is 0.983. The Labute approximate surface area is 131 Å². The fourth-order valence-electron chi connectivity index (χ4n) is 2.96. The second kappa shape index (κ2) is 7.92. The molecule has 1 aliphatic carbocycles. The summed E-state index contributed by atoms with van der Waals surface area (Å²) in [6.45, 7) is 2.36. The first kappa shape index (κ1) is 16.5. The Bertz CT molecular complexity index is 498. The van der Waals surface area contributed by atoms with Crippen molar-refractivity contribution in [1.29, 1.82) is 0 Å². The zero-order chi connectivity index (χ0) is 15.9. The van der Waals surface area contributed by atoms with E-state index < -0.39 is 11.9 Å². The van der Waals surface area contributed by atoms with Crippen LogP contribution in [0, 0.1) is 11.8 Å². The average Bonchev–Trinajstić information content (AvgIpc) is 2.55. The molecule has 1 aliphatic rings. The van der Waals surface area contributed by atoms with Crippen molar-refractivity contribution in [2.24, 2.45) is 11.8 Å². The molecule has 0 spiro atoms. The molecular formula is C17H24N2O3. The summed E-state index contributed by atoms with van der Waals surface area (Å²) in [6.07, 6.45) is 8.61. The number of pyridine rings is 1. The summed E-state index contributed by atoms with van der Waals surface area (Å²) in [5, 5.41) is 9.14. The van der Waals surface area contributed by atoms with Gasteiger partial charge in [-0.05, 0) is 30.5 Å². The Hall–Kier alpha value is -1.91. The van der Waals surface area contributed by atoms with Crippen molar-refractivity contribution in [3.63, 3.8) is 0 Å². The molecule has 5 heteroatoms. The number of hydrogen-bond acceptors (Lipinski definition) is 3. The maximum absolute atomic E-state index is 12.8. The highest BCUT2D eigenvalue weighted by molar-refractivity contribution is 5.80. The Balaban J connectivity index is 2.09. The minimum absolute atomic E-state index is 0.0524. The first-order valence-corrected chi connectivity index (χ1v) is 7.98. The monoisotopic (exact) mass is 304 g/mol. The topological polar surface area (TPSA) is 70.5 Å². The van der Waals surface area contributed by atoms with E-state index in [4.69, 9.17) is 5.11 Å². The van der Waals surface area contributed by atoms with E-state index in [0.717, 1.165) is 31.2 Å². The van der Waals surface area contributed by atoms with Gasteiger partial charge in [0.1, 0.15) is 0 Å². The van der Waals surface area contributed by atoms with Gasteiger partial charge >= 0.3 is 5.97 Å². The molecule has 120 valence electrons. The highest BCUT2D eigenvalue weighted by atomic mass is 16.4. The lowest BCUT2D eigenvalue weighted by Gasteiger charge is -2.30. The molecule has 1 amide bonds. The maximum Gasteiger partial charge on any atom is 0.308 e. The molecule has 2 rings (SSSR count). The third-order valence-corrected chi connectivity index (χ3v) is 4.30. The summed E-state index contributed by atoms with van der Waals surface area (Å²) in [4.78, 5) is 29.6. The van der Waals surface area contributed by atoms with Crippen molar-refractivity contribution < 1.29 is 14.7 Å². The second-order valence-corrected chi connectivity index (χ2v) is 6.15. The van der Waals surface area contributed by atoms with E-state index in [-0.39, 0.29) is 18.4 Å². The zero-order valence-electron chi connectivity index (χ0n) is 13.1. The summed E-state index contributed by atoms with van der Waals surface area (Å²) in [5.74, 6) is -1.27. The number of amides is 1. The standard InChI is InChI=1S/C17H24N2O3/c1-13(17(21)22)11-19(12-14-7-9-18-10-8-14)16(20)15-5-3-2-4-6-15/h7-10,13,15H,2-6,11-12H2,1H3,(H,21,22). The van der Waals surface area contributed by atoms with E-state index in [9.17, 15) is 9.59 Å². The van der Waals surface area contributed by atoms with Crippen LogP contribution in [0.5, 0.6) is 0 Å². The van der Waals surface area contributed by atoms with Crippen molar-refractivity contribution in [2.45, 2.75) is 45.6 Å². The van der Waals surface area contributed by atoms with Crippen LogP contribution in [0.15, 0.2) is 24.5 Å². The Morgan fingerprint density at radius 1 is 1.27 bits per heavy atom. The van der Waals surface area contributed by atoms with Crippen LogP contribution in [-0.4, -0.2) is 33.4 Å². The molecule has 1 fully saturated rings. The molecule has 1 N–H and O–H groups in total. The van der Waals surface area contributed by atoms with E-state index in [1.165, 1.54) is 6.42 Å². The Morgan fingerprint density at radius 2 is 1.91 bits per heavy atom. The van der Waals surface area contributed by atoms with Crippen LogP contribution >= 0.6 is 0 Å². The summed E-state index contributed by atoms with van der Waals surface area (Å²) in [6, 6.07) is 3.74. The van der Waals surface area contributed by atoms with Gasteiger partial charge < -0.3 is 10.0 Å². The van der Waals surface area contributed by atoms with Crippen molar-refractivity contribution in [3.05, 3.63) is 30.1 Å². The Morgan fingerprint density at radius 3 is 2.50 bits per heavy atom. The lowest BCUT2D eigenvalue weighted by atomic mass is 9.88. The molecule has 1 unspecified atom stereocenters. The molecule has 0 aliphatic heterocycles. The molecule has 5 nitrogen and oxygen atoms in total. The van der Waals surface area contributed by atoms with Crippen LogP contribution in [-0.2, 0) is 16.1 Å². The molecular weight excluding hydrogens is 280 g/mol. The smallest absolute Gasteiger partial charge is 0.308 e. The third kappa shape index (κ3) is 4.55. The molecule has 0 radical (unpaired) electrons. The quantitative estimate of drug-likeness (QED) is 0.877. The van der Waals surface area contributed by atoms with Crippen LogP contribution in [0.2, 0.25) is 0 Å². The third-order valence-electron chi connectivity index (χ3n) is 4.30. The van der Waals surface area contributed by atoms with Gasteiger partial charge in [0.15, 0.2) is 0 Å². The molecule has 0 bridgehead atoms. The van der Waals surface area contributed by atoms with Crippen molar-refractivity contribution in [1.82, 2.24) is 9.88 Å². The van der Waals surface area contributed by atoms with Gasteiger partial charge in [-0.15, -0.1) is 0 Å². The number of nitrogens with zero attached hydrogens (tertiary/aromatic N) is 2. The van der Waals surface area contributed by atoms with Crippen LogP contribution in [0.1, 0.15) is 44.6 Å². The lowest BCUT2D eigenvalue weighted by molar-refractivity contribution is -0.144. The van der Waals surface area contributed by atoms with Gasteiger partial charge in [-0.2, -0.15) is 0 Å². The van der Waals surface area contributed by atoms with Gasteiger partial charge in [0.05, 0.1) is 5.92 Å². The molecule has 0 saturated heterocycles. The normalized spacial score (nSPS) is 17.0. The Kier molecular flexibility index (Phi) is 5.92. The largest absolute Gasteiger partial charge is 0.481 e. The number of aliphatic carboxylic acids is 1. The minimum Gasteiger partial charge on any atom is -0.481 e. The fraction of sp³-hybridized carbons (Fsp3) is 0.588. The minimum atomic E-state index is -0.865. The average molecular weight is 304 g/mol. The number of aromatic nitrogens is 1. The van der Waals surface area contributed by atoms with Crippen LogP contribution in [0.25, 0.3) is 0 Å². The van der Waals surface area contributed by atoms with Crippen LogP contribution in [0.3, 0.4) is 0 Å². The summed E-state index contributed by atoms with van der Waals surface area (Å²) < 4.78 is 0. The summed E-state index contributed by atoms with van der Waals surface area (Å²) in [7, 11) is 0. The van der Waals surface area contributed by atoms with E-state index >= 15 is 0 Å². The van der Waals surface area contributed by atoms with Crippen molar-refractivity contribution in [2.75, 3.05) is 6.54 Å². The van der Waals surface area contributed by atoms with Gasteiger partial charge in [-0.3, -0.25) is 14.6 Å². The molecule has 0 aromatic carbocycles. The van der Waals surface area contributed by atoms with Crippen LogP contribution < -0.4 is 0 Å². The molecule has 1 aromatic rings. The second-order valence-electron chi connectivity index (χ2n) is 6.15. The SMILES string of the molecule is CC(CN(Cc1ccncc1)C(=O)C1CCCCC1)C(=O)O. The van der Waals surface area contributed by atoms with E-state index in [1.54, 1.807) is 24.2 Å². The van der Waals surface area contributed by atoms with Crippen LogP contribution in [0.4, 0.5) is 0 Å². The lowest BCUT2D eigenvalue weighted by Crippen LogP contribution is -2.40. The number of carboxylic acids is 1. The number of rotatable bonds is 6. The number of carbonyl (C=O) groups is 2. The zero-order valence-corrected chi connectivity index (χ0v) is 13.1. The van der Waals surface area contributed by atoms with E-state index in [2.05, 4.69) is 4.98 Å². The predicted octanol–water partition coefficient (Wildman–Crippen LogP) is 2.71. The van der Waals surface area contributed by atoms with Gasteiger partial charge in [-0.1, -0.05) is 26.2 Å². The first-order chi connectivity index (χ1) is 10.6. The predicted molar refractivity (Wildman–Crippen MR) is 83.0 cm³/mol. The van der Waals surface area contributed by atoms with Gasteiger partial charge in [0.2, 0.25) is 5.91 Å². The van der Waals surface area contributed by atoms with Crippen molar-refractivity contribution >= 4 is 11.9 Å².